The summed E-state index contributed by atoms with van der Waals surface area (Å²) >= 11 is 0. The van der Waals surface area contributed by atoms with Crippen LogP contribution in [0.15, 0.2) is 24.3 Å². The van der Waals surface area contributed by atoms with Gasteiger partial charge in [-0.25, -0.2) is 0 Å². The molecule has 18 heavy (non-hydrogen) atoms. The third-order valence-corrected chi connectivity index (χ3v) is 3.85. The maximum atomic E-state index is 6.29. The van der Waals surface area contributed by atoms with Gasteiger partial charge in [0, 0.05) is 12.6 Å². The van der Waals surface area contributed by atoms with E-state index in [0.29, 0.717) is 0 Å². The molecule has 1 unspecified atom stereocenters. The molecule has 1 saturated heterocycles. The molecule has 0 spiro atoms. The van der Waals surface area contributed by atoms with E-state index < -0.39 is 0 Å². The van der Waals surface area contributed by atoms with Crippen LogP contribution in [0.25, 0.3) is 0 Å². The second-order valence-electron chi connectivity index (χ2n) is 5.37. The van der Waals surface area contributed by atoms with Crippen molar-refractivity contribution in [3.8, 4) is 5.75 Å². The molecule has 100 valence electrons. The predicted octanol–water partition coefficient (Wildman–Crippen LogP) is 2.43. The van der Waals surface area contributed by atoms with Gasteiger partial charge in [0.2, 0.25) is 0 Å². The molecule has 1 aromatic rings. The number of likely N-dealkylation sites (tertiary alicyclic amines) is 1. The normalized spacial score (nSPS) is 19.7. The van der Waals surface area contributed by atoms with Gasteiger partial charge >= 0.3 is 0 Å². The quantitative estimate of drug-likeness (QED) is 0.889. The first-order valence-electron chi connectivity index (χ1n) is 6.81. The fourth-order valence-electron chi connectivity index (χ4n) is 2.50. The lowest BCUT2D eigenvalue weighted by Gasteiger charge is -2.32. The van der Waals surface area contributed by atoms with Crippen molar-refractivity contribution in [2.75, 3.05) is 26.7 Å². The molecule has 1 atom stereocenters. The highest BCUT2D eigenvalue weighted by Crippen LogP contribution is 2.21. The molecule has 2 rings (SSSR count). The Morgan fingerprint density at radius 2 is 2.11 bits per heavy atom. The van der Waals surface area contributed by atoms with E-state index in [4.69, 9.17) is 10.5 Å². The number of rotatable bonds is 4. The van der Waals surface area contributed by atoms with Crippen molar-refractivity contribution in [3.63, 3.8) is 0 Å². The third kappa shape index (κ3) is 3.47. The number of nitrogens with two attached hydrogens (primary N) is 1. The highest BCUT2D eigenvalue weighted by molar-refractivity contribution is 5.30. The van der Waals surface area contributed by atoms with Gasteiger partial charge < -0.3 is 15.4 Å². The average molecular weight is 248 g/mol. The van der Waals surface area contributed by atoms with Crippen LogP contribution in [0.5, 0.6) is 5.75 Å². The van der Waals surface area contributed by atoms with E-state index >= 15 is 0 Å². The summed E-state index contributed by atoms with van der Waals surface area (Å²) < 4.78 is 5.24. The fourth-order valence-corrected chi connectivity index (χ4v) is 2.50. The maximum Gasteiger partial charge on any atom is 0.119 e. The molecule has 1 aliphatic heterocycles. The van der Waals surface area contributed by atoms with E-state index in [-0.39, 0.29) is 6.04 Å². The Morgan fingerprint density at radius 3 is 2.78 bits per heavy atom. The van der Waals surface area contributed by atoms with Gasteiger partial charge in [-0.3, -0.25) is 0 Å². The summed E-state index contributed by atoms with van der Waals surface area (Å²) in [5.41, 5.74) is 7.45. The lowest BCUT2D eigenvalue weighted by atomic mass is 9.98. The number of ether oxygens (including phenoxy) is 1. The summed E-state index contributed by atoms with van der Waals surface area (Å²) in [7, 11) is 1.69. The van der Waals surface area contributed by atoms with Gasteiger partial charge in [-0.05, 0) is 49.5 Å². The summed E-state index contributed by atoms with van der Waals surface area (Å²) in [6.07, 6.45) is 2.59. The van der Waals surface area contributed by atoms with Crippen molar-refractivity contribution in [2.24, 2.45) is 11.7 Å². The van der Waals surface area contributed by atoms with E-state index in [1.807, 2.05) is 18.2 Å². The van der Waals surface area contributed by atoms with Crippen LogP contribution >= 0.6 is 0 Å². The minimum Gasteiger partial charge on any atom is -0.497 e. The Morgan fingerprint density at radius 1 is 1.39 bits per heavy atom. The second kappa shape index (κ2) is 6.21. The lowest BCUT2D eigenvalue weighted by molar-refractivity contribution is 0.183. The van der Waals surface area contributed by atoms with E-state index in [9.17, 15) is 0 Å². The first-order chi connectivity index (χ1) is 8.69. The number of nitrogens with zero attached hydrogens (tertiary/aromatic N) is 1. The highest BCUT2D eigenvalue weighted by Gasteiger charge is 2.18. The molecule has 0 radical (unpaired) electrons. The first-order valence-corrected chi connectivity index (χ1v) is 6.81. The van der Waals surface area contributed by atoms with E-state index in [1.165, 1.54) is 25.9 Å². The molecule has 3 nitrogen and oxygen atoms in total. The topological polar surface area (TPSA) is 38.5 Å². The molecule has 1 aromatic carbocycles. The van der Waals surface area contributed by atoms with E-state index in [0.717, 1.165) is 23.8 Å². The van der Waals surface area contributed by atoms with Crippen LogP contribution in [0.3, 0.4) is 0 Å². The van der Waals surface area contributed by atoms with Crippen molar-refractivity contribution in [3.05, 3.63) is 29.8 Å². The van der Waals surface area contributed by atoms with Crippen LogP contribution in [-0.2, 0) is 0 Å². The SMILES string of the molecule is COc1cccc(C(N)CN2CCC(C)CC2)c1. The van der Waals surface area contributed by atoms with Crippen molar-refractivity contribution in [1.82, 2.24) is 4.90 Å². The van der Waals surface area contributed by atoms with Gasteiger partial charge in [0.25, 0.3) is 0 Å². The summed E-state index contributed by atoms with van der Waals surface area (Å²) in [5, 5.41) is 0. The summed E-state index contributed by atoms with van der Waals surface area (Å²) in [4.78, 5) is 2.48. The number of hydrogen-bond donors (Lipinski definition) is 1. The van der Waals surface area contributed by atoms with Crippen molar-refractivity contribution in [2.45, 2.75) is 25.8 Å². The monoisotopic (exact) mass is 248 g/mol. The van der Waals surface area contributed by atoms with Crippen molar-refractivity contribution >= 4 is 0 Å². The Balaban J connectivity index is 1.92. The molecule has 0 bridgehead atoms. The minimum atomic E-state index is 0.0773. The Labute approximate surface area is 110 Å². The Hall–Kier alpha value is -1.06. The zero-order chi connectivity index (χ0) is 13.0. The van der Waals surface area contributed by atoms with Crippen LogP contribution < -0.4 is 10.5 Å². The van der Waals surface area contributed by atoms with Gasteiger partial charge in [0.15, 0.2) is 0 Å². The largest absolute Gasteiger partial charge is 0.497 e. The molecule has 1 aliphatic rings. The van der Waals surface area contributed by atoms with Crippen LogP contribution in [0.4, 0.5) is 0 Å². The molecule has 0 saturated carbocycles. The van der Waals surface area contributed by atoms with Gasteiger partial charge in [0.1, 0.15) is 5.75 Å². The number of benzene rings is 1. The molecule has 3 heteroatoms. The van der Waals surface area contributed by atoms with Gasteiger partial charge in [-0.1, -0.05) is 19.1 Å². The zero-order valence-corrected chi connectivity index (χ0v) is 11.4. The standard InChI is InChI=1S/C15H24N2O/c1-12-6-8-17(9-7-12)11-15(16)13-4-3-5-14(10-13)18-2/h3-5,10,12,15H,6-9,11,16H2,1-2H3. The van der Waals surface area contributed by atoms with Crippen molar-refractivity contribution in [1.29, 1.82) is 0 Å². The third-order valence-electron chi connectivity index (χ3n) is 3.85. The summed E-state index contributed by atoms with van der Waals surface area (Å²) in [6.45, 7) is 5.64. The average Bonchev–Trinajstić information content (AvgIpc) is 2.41. The smallest absolute Gasteiger partial charge is 0.119 e. The minimum absolute atomic E-state index is 0.0773. The van der Waals surface area contributed by atoms with Gasteiger partial charge in [-0.2, -0.15) is 0 Å². The molecular formula is C15H24N2O. The molecular weight excluding hydrogens is 224 g/mol. The predicted molar refractivity (Wildman–Crippen MR) is 74.8 cm³/mol. The zero-order valence-electron chi connectivity index (χ0n) is 11.4. The molecule has 0 amide bonds. The van der Waals surface area contributed by atoms with E-state index in [1.54, 1.807) is 7.11 Å². The van der Waals surface area contributed by atoms with Gasteiger partial charge in [0.05, 0.1) is 7.11 Å². The number of piperidine rings is 1. The maximum absolute atomic E-state index is 6.29. The molecule has 1 fully saturated rings. The Bertz CT molecular complexity index is 373. The van der Waals surface area contributed by atoms with E-state index in [2.05, 4.69) is 17.9 Å². The second-order valence-corrected chi connectivity index (χ2v) is 5.37. The van der Waals surface area contributed by atoms with Crippen LogP contribution in [-0.4, -0.2) is 31.6 Å². The van der Waals surface area contributed by atoms with Crippen LogP contribution in [0.2, 0.25) is 0 Å². The summed E-state index contributed by atoms with van der Waals surface area (Å²) in [6, 6.07) is 8.16. The fraction of sp³-hybridized carbons (Fsp3) is 0.600. The number of methoxy groups -OCH3 is 1. The molecule has 1 heterocycles. The first kappa shape index (κ1) is 13.4. The van der Waals surface area contributed by atoms with Crippen LogP contribution in [0.1, 0.15) is 31.4 Å². The Kier molecular flexibility index (Phi) is 4.61. The molecule has 0 aromatic heterocycles. The molecule has 2 N–H and O–H groups in total. The van der Waals surface area contributed by atoms with Crippen molar-refractivity contribution < 1.29 is 4.74 Å². The lowest BCUT2D eigenvalue weighted by Crippen LogP contribution is -2.38. The van der Waals surface area contributed by atoms with Gasteiger partial charge in [-0.15, -0.1) is 0 Å². The highest BCUT2D eigenvalue weighted by atomic mass is 16.5. The molecule has 0 aliphatic carbocycles. The number of hydrogen-bond acceptors (Lipinski definition) is 3. The summed E-state index contributed by atoms with van der Waals surface area (Å²) in [5.74, 6) is 1.75. The van der Waals surface area contributed by atoms with Crippen LogP contribution in [0, 0.1) is 5.92 Å².